The maximum atomic E-state index is 13.5. The van der Waals surface area contributed by atoms with E-state index in [-0.39, 0.29) is 29.2 Å². The Kier molecular flexibility index (Phi) is 7.95. The van der Waals surface area contributed by atoms with E-state index in [1.807, 2.05) is 0 Å². The van der Waals surface area contributed by atoms with Crippen LogP contribution in [0.1, 0.15) is 18.0 Å². The summed E-state index contributed by atoms with van der Waals surface area (Å²) >= 11 is 0. The van der Waals surface area contributed by atoms with Gasteiger partial charge < -0.3 is 20.1 Å². The normalized spacial score (nSPS) is 12.1. The fraction of sp³-hybridized carbons (Fsp3) is 0.300. The second kappa shape index (κ2) is 10.2. The lowest BCUT2D eigenvalue weighted by atomic mass is 10.0. The lowest BCUT2D eigenvalue weighted by Crippen LogP contribution is -2.40. The number of benzene rings is 2. The monoisotopic (exact) mass is 453 g/mol. The summed E-state index contributed by atoms with van der Waals surface area (Å²) < 4.78 is 51.0. The minimum Gasteiger partial charge on any atom is -0.493 e. The number of carbonyl (C=O) groups is 2. The van der Waals surface area contributed by atoms with Crippen molar-refractivity contribution < 1.29 is 31.9 Å². The molecule has 0 bridgehead atoms. The summed E-state index contributed by atoms with van der Waals surface area (Å²) in [4.78, 5) is 25.4. The Labute approximate surface area is 180 Å². The minimum absolute atomic E-state index is 0.0688. The van der Waals surface area contributed by atoms with Crippen LogP contribution >= 0.6 is 0 Å². The van der Waals surface area contributed by atoms with Crippen LogP contribution < -0.4 is 19.9 Å². The van der Waals surface area contributed by atoms with Crippen molar-refractivity contribution in [2.45, 2.75) is 17.4 Å². The summed E-state index contributed by atoms with van der Waals surface area (Å²) in [5.41, 5.74) is 5.61. The number of methoxy groups -OCH3 is 2. The van der Waals surface area contributed by atoms with Crippen LogP contribution in [0.5, 0.6) is 11.5 Å². The van der Waals surface area contributed by atoms with Gasteiger partial charge in [0, 0.05) is 26.1 Å². The van der Waals surface area contributed by atoms with Crippen LogP contribution in [-0.4, -0.2) is 52.9 Å². The molecule has 0 saturated carbocycles. The van der Waals surface area contributed by atoms with Gasteiger partial charge in [-0.05, 0) is 29.8 Å². The second-order valence-electron chi connectivity index (χ2n) is 6.53. The molecule has 0 heterocycles. The Morgan fingerprint density at radius 3 is 2.39 bits per heavy atom. The van der Waals surface area contributed by atoms with E-state index in [1.165, 1.54) is 57.7 Å². The first-order chi connectivity index (χ1) is 14.6. The number of carbonyl (C=O) groups excluding carboxylic acids is 2. The van der Waals surface area contributed by atoms with E-state index in [0.29, 0.717) is 5.75 Å². The topological polar surface area (TPSA) is 128 Å². The van der Waals surface area contributed by atoms with Gasteiger partial charge in [0.25, 0.3) is 0 Å². The fourth-order valence-corrected chi connectivity index (χ4v) is 3.98. The van der Waals surface area contributed by atoms with E-state index in [4.69, 9.17) is 15.2 Å². The lowest BCUT2D eigenvalue weighted by Gasteiger charge is -2.26. The maximum absolute atomic E-state index is 13.5. The summed E-state index contributed by atoms with van der Waals surface area (Å²) in [6.07, 6.45) is -0.248. The van der Waals surface area contributed by atoms with E-state index in [1.54, 1.807) is 0 Å². The number of likely N-dealkylation sites (N-methyl/N-ethyl adjacent to an activating group) is 1. The molecule has 0 aromatic heterocycles. The average molecular weight is 453 g/mol. The number of ether oxygens (including phenoxy) is 2. The molecule has 3 N–H and O–H groups in total. The smallest absolute Gasteiger partial charge is 0.244 e. The summed E-state index contributed by atoms with van der Waals surface area (Å²) in [7, 11) is 0.213. The van der Waals surface area contributed by atoms with Gasteiger partial charge in [0.05, 0.1) is 19.1 Å². The van der Waals surface area contributed by atoms with Crippen LogP contribution in [0.15, 0.2) is 47.4 Å². The molecule has 1 unspecified atom stereocenters. The first-order valence-electron chi connectivity index (χ1n) is 9.13. The van der Waals surface area contributed by atoms with Crippen molar-refractivity contribution in [3.05, 3.63) is 53.8 Å². The number of halogens is 1. The van der Waals surface area contributed by atoms with Crippen molar-refractivity contribution in [2.24, 2.45) is 5.73 Å². The highest BCUT2D eigenvalue weighted by Gasteiger charge is 2.27. The molecule has 0 saturated heterocycles. The highest BCUT2D eigenvalue weighted by molar-refractivity contribution is 7.89. The Bertz CT molecular complexity index is 1060. The Morgan fingerprint density at radius 2 is 1.81 bits per heavy atom. The molecule has 31 heavy (non-hydrogen) atoms. The molecule has 0 aliphatic carbocycles. The van der Waals surface area contributed by atoms with Gasteiger partial charge in [-0.15, -0.1) is 0 Å². The number of nitrogens with one attached hydrogen (secondary N) is 1. The van der Waals surface area contributed by atoms with Crippen LogP contribution in [-0.2, 0) is 19.6 Å². The highest BCUT2D eigenvalue weighted by atomic mass is 32.2. The van der Waals surface area contributed by atoms with Crippen LogP contribution in [0.4, 0.5) is 4.39 Å². The summed E-state index contributed by atoms with van der Waals surface area (Å²) in [5, 5.41) is 0. The number of primary amides is 1. The molecule has 0 radical (unpaired) electrons. The Balaban J connectivity index is 2.06. The molecular formula is C20H24FN3O6S. The third kappa shape index (κ3) is 5.92. The van der Waals surface area contributed by atoms with Crippen LogP contribution in [0.2, 0.25) is 0 Å². The van der Waals surface area contributed by atoms with Crippen LogP contribution in [0, 0.1) is 5.82 Å². The zero-order valence-electron chi connectivity index (χ0n) is 17.3. The number of nitrogens with zero attached hydrogens (tertiary/aromatic N) is 1. The molecule has 0 aliphatic rings. The van der Waals surface area contributed by atoms with E-state index < -0.39 is 33.7 Å². The van der Waals surface area contributed by atoms with Crippen molar-refractivity contribution in [2.75, 3.05) is 27.8 Å². The summed E-state index contributed by atoms with van der Waals surface area (Å²) in [6.45, 7) is -0.228. The minimum atomic E-state index is -3.93. The van der Waals surface area contributed by atoms with Crippen molar-refractivity contribution in [1.82, 2.24) is 9.62 Å². The Morgan fingerprint density at radius 1 is 1.13 bits per heavy atom. The van der Waals surface area contributed by atoms with E-state index in [0.717, 1.165) is 11.0 Å². The first kappa shape index (κ1) is 24.1. The number of amides is 2. The third-order valence-electron chi connectivity index (χ3n) is 4.51. The number of sulfonamides is 1. The summed E-state index contributed by atoms with van der Waals surface area (Å²) in [6, 6.07) is 8.07. The maximum Gasteiger partial charge on any atom is 0.244 e. The van der Waals surface area contributed by atoms with Gasteiger partial charge >= 0.3 is 0 Å². The first-order valence-corrected chi connectivity index (χ1v) is 10.6. The van der Waals surface area contributed by atoms with Gasteiger partial charge in [0.1, 0.15) is 11.9 Å². The largest absolute Gasteiger partial charge is 0.493 e. The number of hydrogen-bond acceptors (Lipinski definition) is 6. The molecule has 0 aliphatic heterocycles. The molecule has 2 aromatic rings. The lowest BCUT2D eigenvalue weighted by molar-refractivity contribution is -0.137. The molecule has 11 heteroatoms. The SMILES string of the molecule is COc1ccc(S(=O)(=O)NCCC(=O)N(C)C(C(N)=O)c2cccc(F)c2)cc1OC. The van der Waals surface area contributed by atoms with Gasteiger partial charge in [-0.3, -0.25) is 9.59 Å². The predicted octanol–water partition coefficient (Wildman–Crippen LogP) is 1.20. The fourth-order valence-electron chi connectivity index (χ4n) is 2.94. The molecule has 168 valence electrons. The number of hydrogen-bond donors (Lipinski definition) is 2. The molecule has 2 amide bonds. The van der Waals surface area contributed by atoms with Gasteiger partial charge in [-0.1, -0.05) is 12.1 Å². The van der Waals surface area contributed by atoms with E-state index >= 15 is 0 Å². The van der Waals surface area contributed by atoms with Crippen LogP contribution in [0.25, 0.3) is 0 Å². The molecule has 2 rings (SSSR count). The van der Waals surface area contributed by atoms with Crippen molar-refractivity contribution in [1.29, 1.82) is 0 Å². The van der Waals surface area contributed by atoms with Gasteiger partial charge in [-0.25, -0.2) is 17.5 Å². The molecular weight excluding hydrogens is 429 g/mol. The van der Waals surface area contributed by atoms with E-state index in [9.17, 15) is 22.4 Å². The molecule has 0 fully saturated rings. The predicted molar refractivity (Wildman–Crippen MR) is 110 cm³/mol. The van der Waals surface area contributed by atoms with Crippen molar-refractivity contribution in [3.8, 4) is 11.5 Å². The number of rotatable bonds is 10. The molecule has 0 spiro atoms. The van der Waals surface area contributed by atoms with E-state index in [2.05, 4.69) is 4.72 Å². The quantitative estimate of drug-likeness (QED) is 0.556. The molecule has 2 aromatic carbocycles. The molecule has 1 atom stereocenters. The van der Waals surface area contributed by atoms with Gasteiger partial charge in [-0.2, -0.15) is 0 Å². The molecule has 9 nitrogen and oxygen atoms in total. The van der Waals surface area contributed by atoms with Crippen LogP contribution in [0.3, 0.4) is 0 Å². The average Bonchev–Trinajstić information content (AvgIpc) is 2.72. The highest BCUT2D eigenvalue weighted by Crippen LogP contribution is 2.29. The zero-order chi connectivity index (χ0) is 23.2. The van der Waals surface area contributed by atoms with Crippen molar-refractivity contribution in [3.63, 3.8) is 0 Å². The van der Waals surface area contributed by atoms with Gasteiger partial charge in [0.2, 0.25) is 21.8 Å². The standard InChI is InChI=1S/C20H24FN3O6S/c1-24(19(20(22)26)13-5-4-6-14(21)11-13)18(25)9-10-23-31(27,28)15-7-8-16(29-2)17(12-15)30-3/h4-8,11-12,19,23H,9-10H2,1-3H3,(H2,22,26). The zero-order valence-corrected chi connectivity index (χ0v) is 18.1. The third-order valence-corrected chi connectivity index (χ3v) is 5.97. The summed E-state index contributed by atoms with van der Waals surface area (Å²) in [5.74, 6) is -1.36. The van der Waals surface area contributed by atoms with Crippen molar-refractivity contribution >= 4 is 21.8 Å². The second-order valence-corrected chi connectivity index (χ2v) is 8.30. The number of nitrogens with two attached hydrogens (primary N) is 1. The Hall–Kier alpha value is -3.18. The van der Waals surface area contributed by atoms with Gasteiger partial charge in [0.15, 0.2) is 11.5 Å².